The molecule has 1 unspecified atom stereocenters. The molecule has 1 saturated heterocycles. The second-order valence-electron chi connectivity index (χ2n) is 9.70. The molecule has 0 aliphatic carbocycles. The van der Waals surface area contributed by atoms with Crippen LogP contribution < -0.4 is 19.1 Å². The lowest BCUT2D eigenvalue weighted by molar-refractivity contribution is -0.132. The predicted octanol–water partition coefficient (Wildman–Crippen LogP) is 6.17. The summed E-state index contributed by atoms with van der Waals surface area (Å²) in [5.41, 5.74) is 0.929. The number of amides is 1. The average Bonchev–Trinajstić information content (AvgIpc) is 3.54. The zero-order valence-corrected chi connectivity index (χ0v) is 25.6. The van der Waals surface area contributed by atoms with E-state index < -0.39 is 23.7 Å². The molecule has 1 aliphatic heterocycles. The minimum atomic E-state index is -1.11. The van der Waals surface area contributed by atoms with Gasteiger partial charge in [0.15, 0.2) is 16.6 Å². The molecule has 1 amide bonds. The van der Waals surface area contributed by atoms with Crippen molar-refractivity contribution < 1.29 is 38.4 Å². The van der Waals surface area contributed by atoms with Crippen molar-refractivity contribution in [3.8, 4) is 17.2 Å². The molecule has 3 aromatic rings. The van der Waals surface area contributed by atoms with Crippen LogP contribution in [0.15, 0.2) is 73.3 Å². The number of thiazole rings is 1. The van der Waals surface area contributed by atoms with E-state index in [-0.39, 0.29) is 34.6 Å². The van der Waals surface area contributed by atoms with Gasteiger partial charge in [-0.15, -0.1) is 0 Å². The number of ketones is 1. The highest BCUT2D eigenvalue weighted by Gasteiger charge is 2.48. The molecule has 0 bridgehead atoms. The van der Waals surface area contributed by atoms with Crippen LogP contribution in [-0.4, -0.2) is 54.7 Å². The van der Waals surface area contributed by atoms with Gasteiger partial charge in [0, 0.05) is 5.56 Å². The highest BCUT2D eigenvalue weighted by atomic mass is 32.1. The summed E-state index contributed by atoms with van der Waals surface area (Å²) >= 11 is 0.910. The fourth-order valence-electron chi connectivity index (χ4n) is 4.54. The maximum Gasteiger partial charge on any atom is 0.350 e. The number of methoxy groups -OCH3 is 1. The predicted molar refractivity (Wildman–Crippen MR) is 168 cm³/mol. The molecule has 1 aliphatic rings. The molecule has 230 valence electrons. The molecule has 11 heteroatoms. The number of ether oxygens (including phenoxy) is 4. The van der Waals surface area contributed by atoms with Crippen LogP contribution in [0.1, 0.15) is 52.3 Å². The summed E-state index contributed by atoms with van der Waals surface area (Å²) in [6.45, 7) is 11.7. The number of aryl methyl sites for hydroxylation is 1. The molecule has 0 saturated carbocycles. The third-order valence-corrected chi connectivity index (χ3v) is 7.84. The molecule has 0 radical (unpaired) electrons. The number of hydrogen-bond donors (Lipinski definition) is 1. The number of carbonyl (C=O) groups excluding carboxylic acids is 3. The van der Waals surface area contributed by atoms with Gasteiger partial charge in [0.2, 0.25) is 0 Å². The van der Waals surface area contributed by atoms with E-state index in [9.17, 15) is 19.5 Å². The number of rotatable bonds is 14. The van der Waals surface area contributed by atoms with Gasteiger partial charge in [0.25, 0.3) is 5.78 Å². The molecule has 2 heterocycles. The SMILES string of the molecule is C=CCOC(=O)c1sc(N2C(=O)C(=O)/C(=C(/O)c3ccc(OCCCC)cc3)C2c2ccc(OCC=C)c(OC)c2)nc1C. The van der Waals surface area contributed by atoms with Crippen molar-refractivity contribution in [2.45, 2.75) is 32.7 Å². The van der Waals surface area contributed by atoms with Crippen LogP contribution in [0.5, 0.6) is 17.2 Å². The number of aliphatic hydroxyl groups excluding tert-OH is 1. The molecule has 2 aromatic carbocycles. The minimum absolute atomic E-state index is 0.00147. The Hall–Kier alpha value is -4.90. The molecule has 0 spiro atoms. The van der Waals surface area contributed by atoms with E-state index in [2.05, 4.69) is 25.1 Å². The summed E-state index contributed by atoms with van der Waals surface area (Å²) < 4.78 is 22.1. The van der Waals surface area contributed by atoms with Gasteiger partial charge < -0.3 is 24.1 Å². The molecule has 44 heavy (non-hydrogen) atoms. The lowest BCUT2D eigenvalue weighted by Gasteiger charge is -2.24. The number of aromatic nitrogens is 1. The van der Waals surface area contributed by atoms with Crippen LogP contribution in [0, 0.1) is 6.92 Å². The first-order valence-corrected chi connectivity index (χ1v) is 14.8. The molecule has 1 fully saturated rings. The first-order valence-electron chi connectivity index (χ1n) is 14.0. The third kappa shape index (κ3) is 6.68. The lowest BCUT2D eigenvalue weighted by atomic mass is 9.95. The van der Waals surface area contributed by atoms with Crippen LogP contribution in [0.2, 0.25) is 0 Å². The number of nitrogens with zero attached hydrogens (tertiary/aromatic N) is 2. The number of aliphatic hydroxyl groups is 1. The van der Waals surface area contributed by atoms with Gasteiger partial charge in [0.05, 0.1) is 31.0 Å². The summed E-state index contributed by atoms with van der Waals surface area (Å²) in [4.78, 5) is 45.7. The Balaban J connectivity index is 1.85. The number of hydrogen-bond acceptors (Lipinski definition) is 10. The number of carbonyl (C=O) groups is 3. The van der Waals surface area contributed by atoms with Crippen molar-refractivity contribution in [2.24, 2.45) is 0 Å². The normalized spacial score (nSPS) is 15.6. The summed E-state index contributed by atoms with van der Waals surface area (Å²) in [6.07, 6.45) is 4.91. The van der Waals surface area contributed by atoms with Gasteiger partial charge in [-0.05, 0) is 55.3 Å². The Bertz CT molecular complexity index is 1590. The molecule has 1 aromatic heterocycles. The van der Waals surface area contributed by atoms with Crippen molar-refractivity contribution in [3.63, 3.8) is 0 Å². The first kappa shape index (κ1) is 32.0. The maximum atomic E-state index is 13.6. The van der Waals surface area contributed by atoms with Gasteiger partial charge in [-0.1, -0.05) is 56.1 Å². The van der Waals surface area contributed by atoms with E-state index in [1.807, 2.05) is 0 Å². The van der Waals surface area contributed by atoms with Crippen molar-refractivity contribution in [3.05, 3.63) is 95.0 Å². The zero-order valence-electron chi connectivity index (χ0n) is 24.8. The van der Waals surface area contributed by atoms with Gasteiger partial charge in [-0.2, -0.15) is 0 Å². The highest BCUT2D eigenvalue weighted by Crippen LogP contribution is 2.45. The summed E-state index contributed by atoms with van der Waals surface area (Å²) in [5, 5.41) is 11.6. The smallest absolute Gasteiger partial charge is 0.350 e. The monoisotopic (exact) mass is 618 g/mol. The molecular weight excluding hydrogens is 584 g/mol. The molecule has 4 rings (SSSR count). The minimum Gasteiger partial charge on any atom is -0.507 e. The molecule has 1 N–H and O–H groups in total. The Labute approximate surface area is 259 Å². The summed E-state index contributed by atoms with van der Waals surface area (Å²) in [6, 6.07) is 10.4. The zero-order chi connectivity index (χ0) is 31.8. The quantitative estimate of drug-likeness (QED) is 0.0564. The number of benzene rings is 2. The van der Waals surface area contributed by atoms with Crippen LogP contribution in [-0.2, 0) is 14.3 Å². The fraction of sp³-hybridized carbons (Fsp3) is 0.273. The van der Waals surface area contributed by atoms with Crippen molar-refractivity contribution in [2.75, 3.05) is 31.8 Å². The van der Waals surface area contributed by atoms with Crippen LogP contribution in [0.4, 0.5) is 5.13 Å². The first-order chi connectivity index (χ1) is 21.2. The standard InChI is InChI=1S/C33H34N2O8S/c1-6-9-18-41-23-13-10-21(11-14-23)28(36)26-27(22-12-15-24(42-16-7-2)25(19-22)40-5)35(31(38)29(26)37)33-34-20(4)30(44-33)32(39)43-17-8-3/h7-8,10-15,19,27,36H,2-3,6,9,16-18H2,1,4-5H3/b28-26+. The number of unbranched alkanes of at least 4 members (excludes halogenated alkanes) is 1. The Morgan fingerprint density at radius 3 is 2.45 bits per heavy atom. The van der Waals surface area contributed by atoms with Gasteiger partial charge in [0.1, 0.15) is 29.6 Å². The second-order valence-corrected chi connectivity index (χ2v) is 10.7. The van der Waals surface area contributed by atoms with Gasteiger partial charge in [-0.25, -0.2) is 9.78 Å². The Kier molecular flexibility index (Phi) is 10.6. The van der Waals surface area contributed by atoms with E-state index in [0.29, 0.717) is 40.7 Å². The molecule has 1 atom stereocenters. The van der Waals surface area contributed by atoms with E-state index in [1.54, 1.807) is 55.5 Å². The summed E-state index contributed by atoms with van der Waals surface area (Å²) in [7, 11) is 1.46. The average molecular weight is 619 g/mol. The van der Waals surface area contributed by atoms with Crippen molar-refractivity contribution >= 4 is 39.9 Å². The molecule has 10 nitrogen and oxygen atoms in total. The van der Waals surface area contributed by atoms with Crippen LogP contribution in [0.3, 0.4) is 0 Å². The van der Waals surface area contributed by atoms with E-state index in [0.717, 1.165) is 24.2 Å². The Morgan fingerprint density at radius 1 is 1.07 bits per heavy atom. The molecular formula is C33H34N2O8S. The maximum absolute atomic E-state index is 13.6. The lowest BCUT2D eigenvalue weighted by Crippen LogP contribution is -2.29. The van der Waals surface area contributed by atoms with Crippen LogP contribution in [0.25, 0.3) is 5.76 Å². The van der Waals surface area contributed by atoms with Crippen molar-refractivity contribution in [1.29, 1.82) is 0 Å². The number of anilines is 1. The third-order valence-electron chi connectivity index (χ3n) is 6.71. The van der Waals surface area contributed by atoms with E-state index in [4.69, 9.17) is 18.9 Å². The largest absolute Gasteiger partial charge is 0.507 e. The number of Topliss-reactive ketones (excluding diaryl/α,β-unsaturated/α-hetero) is 1. The van der Waals surface area contributed by atoms with E-state index in [1.165, 1.54) is 18.1 Å². The van der Waals surface area contributed by atoms with Crippen LogP contribution >= 0.6 is 11.3 Å². The topological polar surface area (TPSA) is 124 Å². The van der Waals surface area contributed by atoms with Crippen molar-refractivity contribution in [1.82, 2.24) is 4.98 Å². The number of esters is 1. The van der Waals surface area contributed by atoms with E-state index >= 15 is 0 Å². The highest BCUT2D eigenvalue weighted by molar-refractivity contribution is 7.17. The van der Waals surface area contributed by atoms with Gasteiger partial charge in [-0.3, -0.25) is 14.5 Å². The van der Waals surface area contributed by atoms with Gasteiger partial charge >= 0.3 is 11.9 Å². The fourth-order valence-corrected chi connectivity index (χ4v) is 5.53. The summed E-state index contributed by atoms with van der Waals surface area (Å²) in [5.74, 6) is -1.46. The second kappa shape index (κ2) is 14.5. The Morgan fingerprint density at radius 2 is 1.80 bits per heavy atom.